The first kappa shape index (κ1) is 16.5. The number of halogens is 1. The average Bonchev–Trinajstić information content (AvgIpc) is 2.40. The molecule has 0 aliphatic carbocycles. The lowest BCUT2D eigenvalue weighted by Gasteiger charge is -2.20. The van der Waals surface area contributed by atoms with E-state index in [2.05, 4.69) is 15.0 Å². The summed E-state index contributed by atoms with van der Waals surface area (Å²) < 4.78 is 39.2. The highest BCUT2D eigenvalue weighted by Gasteiger charge is 2.26. The topological polar surface area (TPSA) is 72.8 Å². The van der Waals surface area contributed by atoms with E-state index in [1.165, 1.54) is 18.6 Å². The molecule has 0 aromatic carbocycles. The molecule has 0 aliphatic rings. The zero-order valence-electron chi connectivity index (χ0n) is 13.0. The number of pyridine rings is 1. The second-order valence-corrected chi connectivity index (χ2v) is 8.07. The molecule has 7 heteroatoms. The monoisotopic (exact) mass is 323 g/mol. The largest absolute Gasteiger partial charge is 0.253 e. The van der Waals surface area contributed by atoms with Gasteiger partial charge in [-0.15, -0.1) is 0 Å². The van der Waals surface area contributed by atoms with Gasteiger partial charge in [0, 0.05) is 11.6 Å². The molecule has 118 valence electrons. The number of nitrogens with zero attached hydrogens (tertiary/aromatic N) is 3. The maximum atomic E-state index is 14.2. The lowest BCUT2D eigenvalue weighted by molar-refractivity contribution is 0.496. The van der Waals surface area contributed by atoms with E-state index in [4.69, 9.17) is 0 Å². The van der Waals surface area contributed by atoms with Crippen molar-refractivity contribution in [3.8, 4) is 0 Å². The summed E-state index contributed by atoms with van der Waals surface area (Å²) in [4.78, 5) is 11.7. The van der Waals surface area contributed by atoms with Gasteiger partial charge in [0.1, 0.15) is 12.1 Å². The molecule has 0 saturated heterocycles. The minimum absolute atomic E-state index is 0.100. The Bertz CT molecular complexity index is 784. The third-order valence-corrected chi connectivity index (χ3v) is 4.91. The average molecular weight is 323 g/mol. The highest BCUT2D eigenvalue weighted by atomic mass is 32.2. The summed E-state index contributed by atoms with van der Waals surface area (Å²) in [7, 11) is -3.72. The van der Waals surface area contributed by atoms with Gasteiger partial charge < -0.3 is 0 Å². The van der Waals surface area contributed by atoms with Crippen molar-refractivity contribution in [3.05, 3.63) is 47.6 Å². The second kappa shape index (κ2) is 5.72. The molecule has 0 aliphatic heterocycles. The number of aromatic nitrogens is 3. The minimum atomic E-state index is -3.72. The van der Waals surface area contributed by atoms with E-state index in [1.54, 1.807) is 6.92 Å². The van der Waals surface area contributed by atoms with Crippen LogP contribution in [-0.4, -0.2) is 23.4 Å². The Morgan fingerprint density at radius 1 is 1.27 bits per heavy atom. The number of aryl methyl sites for hydroxylation is 1. The van der Waals surface area contributed by atoms with Crippen molar-refractivity contribution >= 4 is 9.84 Å². The number of rotatable bonds is 3. The lowest BCUT2D eigenvalue weighted by atomic mass is 9.91. The van der Waals surface area contributed by atoms with Gasteiger partial charge in [-0.3, -0.25) is 4.98 Å². The summed E-state index contributed by atoms with van der Waals surface area (Å²) in [6.45, 7) is 7.05. The van der Waals surface area contributed by atoms with Crippen molar-refractivity contribution in [2.24, 2.45) is 0 Å². The fourth-order valence-corrected chi connectivity index (χ4v) is 3.58. The molecule has 5 nitrogen and oxygen atoms in total. The molecule has 0 radical (unpaired) electrons. The van der Waals surface area contributed by atoms with E-state index < -0.39 is 21.1 Å². The summed E-state index contributed by atoms with van der Waals surface area (Å²) in [5.41, 5.74) is 0.408. The molecular weight excluding hydrogens is 305 g/mol. The molecule has 0 spiro atoms. The standard InChI is InChI=1S/C15H18FN3O2S/c1-10-13(7-12(16)14(19-10)15(2,3)4)22(20,21)8-11-5-6-17-9-18-11/h5-7,9H,8H2,1-4H3. The highest BCUT2D eigenvalue weighted by Crippen LogP contribution is 2.27. The highest BCUT2D eigenvalue weighted by molar-refractivity contribution is 7.90. The van der Waals surface area contributed by atoms with Crippen LogP contribution in [0.15, 0.2) is 29.6 Å². The van der Waals surface area contributed by atoms with Gasteiger partial charge in [0.05, 0.1) is 27.7 Å². The predicted octanol–water partition coefficient (Wildman–Crippen LogP) is 2.59. The molecule has 0 saturated carbocycles. The maximum absolute atomic E-state index is 14.2. The first-order chi connectivity index (χ1) is 10.1. The van der Waals surface area contributed by atoms with Crippen molar-refractivity contribution in [2.75, 3.05) is 0 Å². The van der Waals surface area contributed by atoms with Crippen LogP contribution in [0.3, 0.4) is 0 Å². The van der Waals surface area contributed by atoms with Gasteiger partial charge in [-0.2, -0.15) is 0 Å². The van der Waals surface area contributed by atoms with Gasteiger partial charge in [0.15, 0.2) is 9.84 Å². The van der Waals surface area contributed by atoms with Crippen LogP contribution in [0.1, 0.15) is 37.9 Å². The summed E-state index contributed by atoms with van der Waals surface area (Å²) in [5, 5.41) is 0. The normalized spacial score (nSPS) is 12.4. The Hall–Kier alpha value is -1.89. The van der Waals surface area contributed by atoms with Crippen LogP contribution in [0.5, 0.6) is 0 Å². The third-order valence-electron chi connectivity index (χ3n) is 3.15. The van der Waals surface area contributed by atoms with Crippen LogP contribution in [0.4, 0.5) is 4.39 Å². The first-order valence-electron chi connectivity index (χ1n) is 6.76. The molecule has 0 amide bonds. The summed E-state index contributed by atoms with van der Waals surface area (Å²) >= 11 is 0. The van der Waals surface area contributed by atoms with Crippen molar-refractivity contribution < 1.29 is 12.8 Å². The van der Waals surface area contributed by atoms with Crippen molar-refractivity contribution in [1.82, 2.24) is 15.0 Å². The molecule has 0 N–H and O–H groups in total. The van der Waals surface area contributed by atoms with Gasteiger partial charge in [-0.1, -0.05) is 20.8 Å². The van der Waals surface area contributed by atoms with Crippen molar-refractivity contribution in [2.45, 2.75) is 43.8 Å². The number of hydrogen-bond donors (Lipinski definition) is 0. The quantitative estimate of drug-likeness (QED) is 0.868. The van der Waals surface area contributed by atoms with Gasteiger partial charge in [-0.25, -0.2) is 22.8 Å². The van der Waals surface area contributed by atoms with Crippen LogP contribution in [-0.2, 0) is 21.0 Å². The molecule has 2 aromatic rings. The number of sulfone groups is 1. The van der Waals surface area contributed by atoms with E-state index >= 15 is 0 Å². The predicted molar refractivity (Wildman–Crippen MR) is 80.6 cm³/mol. The molecule has 0 unspecified atom stereocenters. The van der Waals surface area contributed by atoms with E-state index in [9.17, 15) is 12.8 Å². The zero-order chi connectivity index (χ0) is 16.5. The second-order valence-electron chi connectivity index (χ2n) is 6.11. The van der Waals surface area contributed by atoms with E-state index in [1.807, 2.05) is 20.8 Å². The van der Waals surface area contributed by atoms with Gasteiger partial charge in [0.2, 0.25) is 0 Å². The molecule has 0 bridgehead atoms. The first-order valence-corrected chi connectivity index (χ1v) is 8.42. The molecular formula is C15H18FN3O2S. The van der Waals surface area contributed by atoms with Crippen molar-refractivity contribution in [3.63, 3.8) is 0 Å². The Morgan fingerprint density at radius 2 is 1.95 bits per heavy atom. The minimum Gasteiger partial charge on any atom is -0.253 e. The summed E-state index contributed by atoms with van der Waals surface area (Å²) in [6, 6.07) is 2.57. The molecule has 0 fully saturated rings. The van der Waals surface area contributed by atoms with Gasteiger partial charge in [-0.05, 0) is 19.1 Å². The molecule has 22 heavy (non-hydrogen) atoms. The lowest BCUT2D eigenvalue weighted by Crippen LogP contribution is -2.19. The fourth-order valence-electron chi connectivity index (χ4n) is 2.08. The van der Waals surface area contributed by atoms with Crippen LogP contribution >= 0.6 is 0 Å². The Kier molecular flexibility index (Phi) is 4.28. The SMILES string of the molecule is Cc1nc(C(C)(C)C)c(F)cc1S(=O)(=O)Cc1ccncn1. The molecule has 0 atom stereocenters. The summed E-state index contributed by atoms with van der Waals surface area (Å²) in [5.74, 6) is -0.925. The number of hydrogen-bond acceptors (Lipinski definition) is 5. The van der Waals surface area contributed by atoms with Crippen LogP contribution in [0, 0.1) is 12.7 Å². The Labute approximate surface area is 129 Å². The van der Waals surface area contributed by atoms with Crippen LogP contribution in [0.25, 0.3) is 0 Å². The van der Waals surface area contributed by atoms with Gasteiger partial charge in [0.25, 0.3) is 0 Å². The third kappa shape index (κ3) is 3.47. The van der Waals surface area contributed by atoms with Crippen LogP contribution in [0.2, 0.25) is 0 Å². The maximum Gasteiger partial charge on any atom is 0.185 e. The fraction of sp³-hybridized carbons (Fsp3) is 0.400. The summed E-state index contributed by atoms with van der Waals surface area (Å²) in [6.07, 6.45) is 2.74. The Balaban J connectivity index is 2.47. The van der Waals surface area contributed by atoms with Gasteiger partial charge >= 0.3 is 0 Å². The molecule has 2 heterocycles. The molecule has 2 aromatic heterocycles. The smallest absolute Gasteiger partial charge is 0.185 e. The van der Waals surface area contributed by atoms with E-state index in [0.29, 0.717) is 11.4 Å². The van der Waals surface area contributed by atoms with E-state index in [-0.39, 0.29) is 16.3 Å². The van der Waals surface area contributed by atoms with Crippen LogP contribution < -0.4 is 0 Å². The molecule has 2 rings (SSSR count). The van der Waals surface area contributed by atoms with Crippen molar-refractivity contribution in [1.29, 1.82) is 0 Å². The van der Waals surface area contributed by atoms with E-state index in [0.717, 1.165) is 6.07 Å². The Morgan fingerprint density at radius 3 is 2.50 bits per heavy atom. The zero-order valence-corrected chi connectivity index (χ0v) is 13.8.